The molecule has 2 amide bonds. The first-order valence-electron chi connectivity index (χ1n) is 9.67. The summed E-state index contributed by atoms with van der Waals surface area (Å²) < 4.78 is 10.6. The molecule has 1 fully saturated rings. The minimum Gasteiger partial charge on any atom is -0.478 e. The number of Topliss-reactive ketones (excluding diaryl/α,β-unsaturated/α-hetero) is 1. The fraction of sp³-hybridized carbons (Fsp3) is 0.273. The van der Waals surface area contributed by atoms with Crippen LogP contribution in [0, 0.1) is 0 Å². The maximum Gasteiger partial charge on any atom is 0.310 e. The number of rotatable bonds is 6. The normalized spacial score (nSPS) is 17.7. The summed E-state index contributed by atoms with van der Waals surface area (Å²) in [7, 11) is 0. The number of para-hydroxylation sites is 2. The van der Waals surface area contributed by atoms with Gasteiger partial charge in [-0.25, -0.2) is 0 Å². The molecule has 2 heterocycles. The second kappa shape index (κ2) is 8.36. The fourth-order valence-corrected chi connectivity index (χ4v) is 3.44. The molecule has 0 aliphatic carbocycles. The molecule has 2 aliphatic heterocycles. The molecule has 2 aliphatic rings. The highest BCUT2D eigenvalue weighted by atomic mass is 16.5. The molecule has 0 radical (unpaired) electrons. The third-order valence-corrected chi connectivity index (χ3v) is 4.98. The van der Waals surface area contributed by atoms with Crippen molar-refractivity contribution in [2.45, 2.75) is 25.4 Å². The average Bonchev–Trinajstić information content (AvgIpc) is 3.18. The summed E-state index contributed by atoms with van der Waals surface area (Å²) in [6.45, 7) is 0.166. The van der Waals surface area contributed by atoms with Crippen LogP contribution in [0.2, 0.25) is 0 Å². The molecule has 0 bridgehead atoms. The van der Waals surface area contributed by atoms with Crippen LogP contribution in [0.25, 0.3) is 0 Å². The summed E-state index contributed by atoms with van der Waals surface area (Å²) in [6.07, 6.45) is -0.0463. The van der Waals surface area contributed by atoms with Gasteiger partial charge >= 0.3 is 5.97 Å². The molecule has 8 nitrogen and oxygen atoms in total. The van der Waals surface area contributed by atoms with Gasteiger partial charge in [0.1, 0.15) is 5.75 Å². The number of hydrogen-bond acceptors (Lipinski definition) is 6. The number of hydrogen-bond donors (Lipinski definition) is 1. The van der Waals surface area contributed by atoms with Crippen LogP contribution in [0.15, 0.2) is 48.5 Å². The third-order valence-electron chi connectivity index (χ3n) is 4.98. The maximum absolute atomic E-state index is 12.4. The van der Waals surface area contributed by atoms with Crippen molar-refractivity contribution in [2.24, 2.45) is 0 Å². The van der Waals surface area contributed by atoms with E-state index >= 15 is 0 Å². The van der Waals surface area contributed by atoms with Gasteiger partial charge in [-0.3, -0.25) is 19.2 Å². The molecule has 8 heteroatoms. The molecular formula is C22H20N2O6. The third kappa shape index (κ3) is 4.17. The number of fused-ring (bicyclic) bond motifs is 1. The number of esters is 1. The summed E-state index contributed by atoms with van der Waals surface area (Å²) in [5.41, 5.74) is 1.54. The number of benzene rings is 2. The van der Waals surface area contributed by atoms with Crippen molar-refractivity contribution in [3.8, 4) is 5.75 Å². The highest BCUT2D eigenvalue weighted by molar-refractivity contribution is 6.02. The molecule has 1 saturated heterocycles. The van der Waals surface area contributed by atoms with E-state index in [2.05, 4.69) is 5.32 Å². The first-order valence-corrected chi connectivity index (χ1v) is 9.67. The predicted molar refractivity (Wildman–Crippen MR) is 107 cm³/mol. The van der Waals surface area contributed by atoms with Gasteiger partial charge in [-0.05, 0) is 30.7 Å². The molecule has 2 aromatic rings. The maximum atomic E-state index is 12.4. The highest BCUT2D eigenvalue weighted by Gasteiger charge is 2.30. The van der Waals surface area contributed by atoms with Gasteiger partial charge < -0.3 is 19.7 Å². The van der Waals surface area contributed by atoms with Crippen molar-refractivity contribution in [2.75, 3.05) is 23.4 Å². The van der Waals surface area contributed by atoms with Gasteiger partial charge in [0, 0.05) is 24.2 Å². The molecule has 1 atom stereocenters. The minimum atomic E-state index is -1.02. The lowest BCUT2D eigenvalue weighted by atomic mass is 10.1. The van der Waals surface area contributed by atoms with Gasteiger partial charge in [0.15, 0.2) is 18.5 Å². The fourth-order valence-electron chi connectivity index (χ4n) is 3.44. The van der Waals surface area contributed by atoms with E-state index in [1.807, 2.05) is 0 Å². The Morgan fingerprint density at radius 3 is 2.77 bits per heavy atom. The summed E-state index contributed by atoms with van der Waals surface area (Å²) in [5.74, 6) is -1.05. The van der Waals surface area contributed by atoms with E-state index in [1.165, 1.54) is 0 Å². The Morgan fingerprint density at radius 1 is 1.13 bits per heavy atom. The monoisotopic (exact) mass is 408 g/mol. The quantitative estimate of drug-likeness (QED) is 0.581. The lowest BCUT2D eigenvalue weighted by molar-refractivity contribution is -0.146. The lowest BCUT2D eigenvalue weighted by Crippen LogP contribution is -2.39. The first kappa shape index (κ1) is 19.6. The van der Waals surface area contributed by atoms with Gasteiger partial charge in [0.2, 0.25) is 5.91 Å². The second-order valence-corrected chi connectivity index (χ2v) is 7.08. The molecule has 1 N–H and O–H groups in total. The Hall–Kier alpha value is -3.68. The Kier molecular flexibility index (Phi) is 5.47. The number of ketones is 1. The van der Waals surface area contributed by atoms with Crippen LogP contribution in [0.4, 0.5) is 11.4 Å². The molecule has 0 spiro atoms. The smallest absolute Gasteiger partial charge is 0.310 e. The van der Waals surface area contributed by atoms with Crippen LogP contribution >= 0.6 is 0 Å². The van der Waals surface area contributed by atoms with Crippen LogP contribution in [0.3, 0.4) is 0 Å². The topological polar surface area (TPSA) is 102 Å². The number of nitrogens with one attached hydrogen (secondary N) is 1. The largest absolute Gasteiger partial charge is 0.478 e. The van der Waals surface area contributed by atoms with Crippen LogP contribution < -0.4 is 15.0 Å². The summed E-state index contributed by atoms with van der Waals surface area (Å²) in [5, 5.41) is 2.67. The average molecular weight is 408 g/mol. The zero-order chi connectivity index (χ0) is 21.1. The van der Waals surface area contributed by atoms with E-state index < -0.39 is 30.4 Å². The summed E-state index contributed by atoms with van der Waals surface area (Å²) in [4.78, 5) is 50.2. The van der Waals surface area contributed by atoms with Crippen LogP contribution in [-0.4, -0.2) is 42.8 Å². The molecule has 0 saturated carbocycles. The van der Waals surface area contributed by atoms with E-state index in [0.717, 1.165) is 6.42 Å². The van der Waals surface area contributed by atoms with E-state index in [4.69, 9.17) is 9.47 Å². The number of nitrogens with zero attached hydrogens (tertiary/aromatic N) is 1. The molecule has 4 rings (SSSR count). The number of amides is 2. The summed E-state index contributed by atoms with van der Waals surface area (Å²) >= 11 is 0. The number of ether oxygens (including phenoxy) is 2. The molecule has 154 valence electrons. The molecule has 2 aromatic carbocycles. The van der Waals surface area contributed by atoms with E-state index in [0.29, 0.717) is 35.7 Å². The van der Waals surface area contributed by atoms with Crippen molar-refractivity contribution < 1.29 is 28.7 Å². The zero-order valence-electron chi connectivity index (χ0n) is 16.1. The molecule has 0 aromatic heterocycles. The Morgan fingerprint density at radius 2 is 1.97 bits per heavy atom. The standard InChI is InChI=1S/C22H20N2O6/c25-17(14-5-3-6-15(11-14)24-10-4-9-20(24)26)13-29-21(27)12-19-22(28)23-16-7-1-2-8-18(16)30-19/h1-3,5-8,11,19H,4,9-10,12-13H2,(H,23,28)/t19-/m1/s1. The lowest BCUT2D eigenvalue weighted by Gasteiger charge is -2.25. The van der Waals surface area contributed by atoms with Gasteiger partial charge in [0.05, 0.1) is 12.1 Å². The number of carbonyl (C=O) groups is 4. The van der Waals surface area contributed by atoms with Crippen LogP contribution in [0.5, 0.6) is 5.75 Å². The van der Waals surface area contributed by atoms with Crippen molar-refractivity contribution in [1.82, 2.24) is 0 Å². The van der Waals surface area contributed by atoms with Crippen molar-refractivity contribution in [1.29, 1.82) is 0 Å². The van der Waals surface area contributed by atoms with Gasteiger partial charge in [-0.2, -0.15) is 0 Å². The van der Waals surface area contributed by atoms with Gasteiger partial charge in [-0.15, -0.1) is 0 Å². The number of anilines is 2. The van der Waals surface area contributed by atoms with E-state index in [9.17, 15) is 19.2 Å². The molecule has 0 unspecified atom stereocenters. The van der Waals surface area contributed by atoms with Crippen molar-refractivity contribution in [3.05, 3.63) is 54.1 Å². The highest BCUT2D eigenvalue weighted by Crippen LogP contribution is 2.29. The van der Waals surface area contributed by atoms with Gasteiger partial charge in [-0.1, -0.05) is 24.3 Å². The van der Waals surface area contributed by atoms with E-state index in [-0.39, 0.29) is 12.3 Å². The first-order chi connectivity index (χ1) is 14.5. The van der Waals surface area contributed by atoms with Crippen LogP contribution in [-0.2, 0) is 19.1 Å². The van der Waals surface area contributed by atoms with E-state index in [1.54, 1.807) is 53.4 Å². The predicted octanol–water partition coefficient (Wildman–Crippen LogP) is 2.33. The van der Waals surface area contributed by atoms with Gasteiger partial charge in [0.25, 0.3) is 5.91 Å². The Bertz CT molecular complexity index is 1020. The van der Waals surface area contributed by atoms with Crippen LogP contribution in [0.1, 0.15) is 29.6 Å². The second-order valence-electron chi connectivity index (χ2n) is 7.08. The van der Waals surface area contributed by atoms with Crippen molar-refractivity contribution >= 4 is 34.9 Å². The Labute approximate surface area is 172 Å². The minimum absolute atomic E-state index is 0.0263. The summed E-state index contributed by atoms with van der Waals surface area (Å²) in [6, 6.07) is 13.6. The molecule has 30 heavy (non-hydrogen) atoms. The number of carbonyl (C=O) groups excluding carboxylic acids is 4. The SMILES string of the molecule is O=C(C[C@H]1Oc2ccccc2NC1=O)OCC(=O)c1cccc(N2CCCC2=O)c1. The Balaban J connectivity index is 1.33. The zero-order valence-corrected chi connectivity index (χ0v) is 16.1. The molecular weight excluding hydrogens is 388 g/mol. The van der Waals surface area contributed by atoms with Crippen molar-refractivity contribution in [3.63, 3.8) is 0 Å².